The van der Waals surface area contributed by atoms with Crippen LogP contribution in [-0.4, -0.2) is 5.60 Å². The van der Waals surface area contributed by atoms with Gasteiger partial charge in [0, 0.05) is 29.7 Å². The van der Waals surface area contributed by atoms with Crippen molar-refractivity contribution in [3.05, 3.63) is 57.6 Å². The van der Waals surface area contributed by atoms with Crippen LogP contribution in [-0.2, 0) is 12.8 Å². The summed E-state index contributed by atoms with van der Waals surface area (Å²) in [6.07, 6.45) is 1.80. The van der Waals surface area contributed by atoms with Gasteiger partial charge in [-0.25, -0.2) is 0 Å². The second-order valence-electron chi connectivity index (χ2n) is 8.06. The molecule has 0 bridgehead atoms. The van der Waals surface area contributed by atoms with E-state index in [1.165, 1.54) is 27.8 Å². The zero-order valence-corrected chi connectivity index (χ0v) is 15.8. The molecule has 0 radical (unpaired) electrons. The molecule has 2 aromatic rings. The Hall–Kier alpha value is -1.96. The van der Waals surface area contributed by atoms with Gasteiger partial charge in [-0.3, -0.25) is 0 Å². The molecule has 0 fully saturated rings. The third kappa shape index (κ3) is 2.90. The molecule has 0 atom stereocenters. The molecule has 1 aliphatic rings. The summed E-state index contributed by atoms with van der Waals surface area (Å²) in [4.78, 5) is 0. The fourth-order valence-corrected chi connectivity index (χ4v) is 3.64. The quantitative estimate of drug-likeness (QED) is 0.777. The van der Waals surface area contributed by atoms with E-state index in [1.807, 2.05) is 0 Å². The SMILES string of the molecule is Cc1c(N)c(C)c2c(c1Cc1ccc(C(C)C)cc1)OC(C)(C)C2. The van der Waals surface area contributed by atoms with Crippen LogP contribution in [0.4, 0.5) is 5.69 Å². The smallest absolute Gasteiger partial charge is 0.127 e. The summed E-state index contributed by atoms with van der Waals surface area (Å²) in [7, 11) is 0. The third-order valence-corrected chi connectivity index (χ3v) is 5.27. The highest BCUT2D eigenvalue weighted by molar-refractivity contribution is 5.67. The second kappa shape index (κ2) is 5.84. The van der Waals surface area contributed by atoms with Crippen molar-refractivity contribution >= 4 is 5.69 Å². The fourth-order valence-electron chi connectivity index (χ4n) is 3.64. The van der Waals surface area contributed by atoms with Crippen LogP contribution in [0, 0.1) is 13.8 Å². The van der Waals surface area contributed by atoms with Crippen molar-refractivity contribution in [3.63, 3.8) is 0 Å². The van der Waals surface area contributed by atoms with E-state index in [9.17, 15) is 0 Å². The van der Waals surface area contributed by atoms with E-state index < -0.39 is 0 Å². The van der Waals surface area contributed by atoms with Crippen molar-refractivity contribution < 1.29 is 4.74 Å². The molecule has 3 rings (SSSR count). The predicted molar refractivity (Wildman–Crippen MR) is 102 cm³/mol. The molecule has 0 saturated carbocycles. The van der Waals surface area contributed by atoms with Crippen molar-refractivity contribution in [1.29, 1.82) is 0 Å². The van der Waals surface area contributed by atoms with Crippen LogP contribution in [0.15, 0.2) is 24.3 Å². The summed E-state index contributed by atoms with van der Waals surface area (Å²) >= 11 is 0. The van der Waals surface area contributed by atoms with Gasteiger partial charge in [-0.05, 0) is 55.9 Å². The Balaban J connectivity index is 2.03. The molecule has 2 heteroatoms. The summed E-state index contributed by atoms with van der Waals surface area (Å²) in [5, 5.41) is 0. The molecular weight excluding hydrogens is 294 g/mol. The Bertz CT molecular complexity index is 770. The number of hydrogen-bond acceptors (Lipinski definition) is 2. The Morgan fingerprint density at radius 2 is 1.71 bits per heavy atom. The molecule has 2 N–H and O–H groups in total. The molecule has 0 spiro atoms. The van der Waals surface area contributed by atoms with Gasteiger partial charge >= 0.3 is 0 Å². The van der Waals surface area contributed by atoms with Crippen molar-refractivity contribution in [2.24, 2.45) is 0 Å². The van der Waals surface area contributed by atoms with Crippen molar-refractivity contribution in [2.45, 2.75) is 65.9 Å². The molecule has 128 valence electrons. The summed E-state index contributed by atoms with van der Waals surface area (Å²) in [5.41, 5.74) is 14.7. The summed E-state index contributed by atoms with van der Waals surface area (Å²) in [5.74, 6) is 1.63. The van der Waals surface area contributed by atoms with E-state index in [4.69, 9.17) is 10.5 Å². The number of nitrogen functional groups attached to an aromatic ring is 1. The standard InChI is InChI=1S/C22H29NO/c1-13(2)17-9-7-16(8-10-17)11-18-14(3)20(23)15(4)19-12-22(5,6)24-21(18)19/h7-10,13H,11-12,23H2,1-6H3. The summed E-state index contributed by atoms with van der Waals surface area (Å²) in [6, 6.07) is 8.93. The number of benzene rings is 2. The van der Waals surface area contributed by atoms with E-state index in [-0.39, 0.29) is 5.60 Å². The normalized spacial score (nSPS) is 15.5. The molecule has 24 heavy (non-hydrogen) atoms. The molecule has 2 aromatic carbocycles. The van der Waals surface area contributed by atoms with Crippen LogP contribution in [0.25, 0.3) is 0 Å². The lowest BCUT2D eigenvalue weighted by Gasteiger charge is -2.20. The van der Waals surface area contributed by atoms with E-state index in [2.05, 4.69) is 65.8 Å². The lowest BCUT2D eigenvalue weighted by molar-refractivity contribution is 0.137. The van der Waals surface area contributed by atoms with E-state index in [0.29, 0.717) is 5.92 Å². The topological polar surface area (TPSA) is 35.2 Å². The zero-order valence-electron chi connectivity index (χ0n) is 15.8. The maximum atomic E-state index is 6.41. The number of rotatable bonds is 3. The van der Waals surface area contributed by atoms with Gasteiger partial charge in [-0.15, -0.1) is 0 Å². The van der Waals surface area contributed by atoms with Crippen LogP contribution in [0.2, 0.25) is 0 Å². The lowest BCUT2D eigenvalue weighted by Crippen LogP contribution is -2.25. The van der Waals surface area contributed by atoms with Gasteiger partial charge in [-0.2, -0.15) is 0 Å². The van der Waals surface area contributed by atoms with Crippen molar-refractivity contribution in [1.82, 2.24) is 0 Å². The minimum absolute atomic E-state index is 0.149. The number of fused-ring (bicyclic) bond motifs is 1. The molecule has 0 amide bonds. The summed E-state index contributed by atoms with van der Waals surface area (Å²) in [6.45, 7) is 13.0. The molecule has 1 aliphatic heterocycles. The summed E-state index contributed by atoms with van der Waals surface area (Å²) < 4.78 is 6.32. The van der Waals surface area contributed by atoms with Gasteiger partial charge < -0.3 is 10.5 Å². The monoisotopic (exact) mass is 323 g/mol. The minimum atomic E-state index is -0.149. The first-order valence-electron chi connectivity index (χ1n) is 8.88. The first-order valence-corrected chi connectivity index (χ1v) is 8.88. The van der Waals surface area contributed by atoms with Gasteiger partial charge in [0.15, 0.2) is 0 Å². The average molecular weight is 323 g/mol. The van der Waals surface area contributed by atoms with E-state index in [0.717, 1.165) is 29.8 Å². The van der Waals surface area contributed by atoms with Crippen LogP contribution < -0.4 is 10.5 Å². The maximum Gasteiger partial charge on any atom is 0.127 e. The van der Waals surface area contributed by atoms with Gasteiger partial charge in [0.1, 0.15) is 11.4 Å². The first-order chi connectivity index (χ1) is 11.2. The largest absolute Gasteiger partial charge is 0.487 e. The van der Waals surface area contributed by atoms with Gasteiger partial charge in [0.2, 0.25) is 0 Å². The van der Waals surface area contributed by atoms with Gasteiger partial charge in [-0.1, -0.05) is 38.1 Å². The van der Waals surface area contributed by atoms with E-state index in [1.54, 1.807) is 0 Å². The highest BCUT2D eigenvalue weighted by Crippen LogP contribution is 2.44. The number of hydrogen-bond donors (Lipinski definition) is 1. The molecule has 2 nitrogen and oxygen atoms in total. The Morgan fingerprint density at radius 1 is 1.08 bits per heavy atom. The highest BCUT2D eigenvalue weighted by Gasteiger charge is 2.34. The van der Waals surface area contributed by atoms with Crippen LogP contribution >= 0.6 is 0 Å². The van der Waals surface area contributed by atoms with Crippen LogP contribution in [0.5, 0.6) is 5.75 Å². The number of anilines is 1. The Morgan fingerprint density at radius 3 is 2.29 bits per heavy atom. The van der Waals surface area contributed by atoms with Crippen LogP contribution in [0.1, 0.15) is 67.0 Å². The maximum absolute atomic E-state index is 6.41. The molecule has 0 saturated heterocycles. The molecule has 1 heterocycles. The fraction of sp³-hybridized carbons (Fsp3) is 0.455. The minimum Gasteiger partial charge on any atom is -0.487 e. The Labute approximate surface area is 146 Å². The Kier molecular flexibility index (Phi) is 4.11. The second-order valence-corrected chi connectivity index (χ2v) is 8.06. The van der Waals surface area contributed by atoms with Gasteiger partial charge in [0.25, 0.3) is 0 Å². The number of nitrogens with two attached hydrogens (primary N) is 1. The van der Waals surface area contributed by atoms with Crippen molar-refractivity contribution in [2.75, 3.05) is 5.73 Å². The molecule has 0 aromatic heterocycles. The number of ether oxygens (including phenoxy) is 1. The van der Waals surface area contributed by atoms with Crippen molar-refractivity contribution in [3.8, 4) is 5.75 Å². The zero-order chi connectivity index (χ0) is 17.6. The molecule has 0 aliphatic carbocycles. The van der Waals surface area contributed by atoms with Gasteiger partial charge in [0.05, 0.1) is 0 Å². The lowest BCUT2D eigenvalue weighted by atomic mass is 9.89. The molecule has 0 unspecified atom stereocenters. The predicted octanol–water partition coefficient (Wildman–Crippen LogP) is 5.31. The third-order valence-electron chi connectivity index (χ3n) is 5.27. The van der Waals surface area contributed by atoms with E-state index >= 15 is 0 Å². The van der Waals surface area contributed by atoms with Crippen LogP contribution in [0.3, 0.4) is 0 Å². The highest BCUT2D eigenvalue weighted by atomic mass is 16.5. The molecular formula is C22H29NO. The average Bonchev–Trinajstić information content (AvgIpc) is 2.85. The first kappa shape index (κ1) is 16.9.